The first-order valence-electron chi connectivity index (χ1n) is 12.4. The number of aromatic nitrogens is 5. The first-order chi connectivity index (χ1) is 16.6. The van der Waals surface area contributed by atoms with Gasteiger partial charge in [-0.15, -0.1) is 5.10 Å². The number of H-pyrrole nitrogens is 1. The molecule has 1 N–H and O–H groups in total. The fourth-order valence-electron chi connectivity index (χ4n) is 5.86. The van der Waals surface area contributed by atoms with E-state index in [4.69, 9.17) is 0 Å². The van der Waals surface area contributed by atoms with Crippen LogP contribution in [-0.2, 0) is 6.42 Å². The lowest BCUT2D eigenvalue weighted by Crippen LogP contribution is -2.38. The molecular weight excluding hydrogens is 424 g/mol. The number of nitrogens with one attached hydrogen (secondary N) is 1. The van der Waals surface area contributed by atoms with Crippen LogP contribution >= 0.6 is 0 Å². The van der Waals surface area contributed by atoms with E-state index in [9.17, 15) is 4.79 Å². The lowest BCUT2D eigenvalue weighted by atomic mass is 9.95. The molecule has 1 aliphatic heterocycles. The maximum atomic E-state index is 13.7. The van der Waals surface area contributed by atoms with Crippen molar-refractivity contribution < 1.29 is 0 Å². The van der Waals surface area contributed by atoms with Crippen molar-refractivity contribution in [3.63, 3.8) is 0 Å². The summed E-state index contributed by atoms with van der Waals surface area (Å²) in [5.74, 6) is 0.763. The van der Waals surface area contributed by atoms with Gasteiger partial charge in [-0.2, -0.15) is 0 Å². The van der Waals surface area contributed by atoms with Gasteiger partial charge in [0.25, 0.3) is 5.56 Å². The van der Waals surface area contributed by atoms with Crippen LogP contribution in [0.3, 0.4) is 0 Å². The highest BCUT2D eigenvalue weighted by Crippen LogP contribution is 2.39. The molecule has 7 nitrogen and oxygen atoms in total. The number of pyridine rings is 1. The van der Waals surface area contributed by atoms with Crippen LogP contribution in [0.1, 0.15) is 72.3 Å². The number of aryl methyl sites for hydroxylation is 3. The fraction of sp³-hybridized carbons (Fsp3) is 0.407. The number of tetrazole rings is 1. The van der Waals surface area contributed by atoms with Gasteiger partial charge < -0.3 is 9.88 Å². The minimum Gasteiger partial charge on any atom is -0.357 e. The molecule has 1 saturated carbocycles. The molecule has 3 heterocycles. The van der Waals surface area contributed by atoms with E-state index < -0.39 is 0 Å². The molecule has 1 aliphatic carbocycles. The molecule has 1 atom stereocenters. The van der Waals surface area contributed by atoms with Crippen molar-refractivity contribution in [1.29, 1.82) is 0 Å². The Kier molecular flexibility index (Phi) is 5.20. The molecule has 0 amide bonds. The summed E-state index contributed by atoms with van der Waals surface area (Å²) in [6.45, 7) is 4.98. The van der Waals surface area contributed by atoms with E-state index in [2.05, 4.69) is 74.8 Å². The lowest BCUT2D eigenvalue weighted by molar-refractivity contribution is 0.425. The van der Waals surface area contributed by atoms with Crippen LogP contribution < -0.4 is 10.5 Å². The van der Waals surface area contributed by atoms with E-state index >= 15 is 0 Å². The number of aromatic amines is 1. The predicted molar refractivity (Wildman–Crippen MR) is 133 cm³/mol. The number of para-hydroxylation sites is 1. The van der Waals surface area contributed by atoms with Gasteiger partial charge in [0.1, 0.15) is 6.04 Å². The minimum absolute atomic E-state index is 0.0739. The van der Waals surface area contributed by atoms with E-state index in [1.807, 2.05) is 11.6 Å². The topological polar surface area (TPSA) is 79.7 Å². The maximum absolute atomic E-state index is 13.7. The molecule has 4 aromatic rings. The van der Waals surface area contributed by atoms with Gasteiger partial charge in [-0.25, -0.2) is 4.68 Å². The molecule has 7 heteroatoms. The van der Waals surface area contributed by atoms with E-state index in [0.717, 1.165) is 60.1 Å². The first kappa shape index (κ1) is 21.1. The van der Waals surface area contributed by atoms with Gasteiger partial charge in [0.2, 0.25) is 0 Å². The second-order valence-electron chi connectivity index (χ2n) is 9.79. The van der Waals surface area contributed by atoms with Gasteiger partial charge in [-0.05, 0) is 78.8 Å². The number of hydrogen-bond donors (Lipinski definition) is 1. The SMILES string of the molecule is Cc1ccc(C)c2[nH]c(=O)c([C@H](c3nnnn3C3CCCC3)N3CCCc4ccccc43)cc12. The number of anilines is 1. The molecule has 0 radical (unpaired) electrons. The highest BCUT2D eigenvalue weighted by atomic mass is 16.1. The number of benzene rings is 2. The van der Waals surface area contributed by atoms with Gasteiger partial charge >= 0.3 is 0 Å². The Labute approximate surface area is 198 Å². The zero-order valence-corrected chi connectivity index (χ0v) is 19.8. The Morgan fingerprint density at radius 1 is 1.03 bits per heavy atom. The van der Waals surface area contributed by atoms with Crippen LogP contribution in [0.15, 0.2) is 47.3 Å². The highest BCUT2D eigenvalue weighted by Gasteiger charge is 2.35. The van der Waals surface area contributed by atoms with Crippen LogP contribution in [0.25, 0.3) is 10.9 Å². The Morgan fingerprint density at radius 3 is 2.68 bits per heavy atom. The Bertz CT molecular complexity index is 1410. The average Bonchev–Trinajstić information content (AvgIpc) is 3.55. The largest absolute Gasteiger partial charge is 0.357 e. The third-order valence-corrected chi connectivity index (χ3v) is 7.66. The molecule has 174 valence electrons. The zero-order chi connectivity index (χ0) is 23.2. The number of rotatable bonds is 4. The Morgan fingerprint density at radius 2 is 1.82 bits per heavy atom. The summed E-state index contributed by atoms with van der Waals surface area (Å²) in [7, 11) is 0. The van der Waals surface area contributed by atoms with Gasteiger partial charge in [-0.1, -0.05) is 43.2 Å². The van der Waals surface area contributed by atoms with E-state index in [1.165, 1.54) is 24.1 Å². The van der Waals surface area contributed by atoms with E-state index in [1.54, 1.807) is 0 Å². The Hall–Kier alpha value is -3.48. The van der Waals surface area contributed by atoms with E-state index in [-0.39, 0.29) is 17.6 Å². The molecule has 6 rings (SSSR count). The highest BCUT2D eigenvalue weighted by molar-refractivity contribution is 5.85. The van der Waals surface area contributed by atoms with Crippen molar-refractivity contribution in [2.75, 3.05) is 11.4 Å². The van der Waals surface area contributed by atoms with Crippen molar-refractivity contribution in [2.24, 2.45) is 0 Å². The van der Waals surface area contributed by atoms with Crippen molar-refractivity contribution in [3.8, 4) is 0 Å². The normalized spacial score (nSPS) is 17.3. The molecule has 0 bridgehead atoms. The molecule has 34 heavy (non-hydrogen) atoms. The predicted octanol–water partition coefficient (Wildman–Crippen LogP) is 4.79. The summed E-state index contributed by atoms with van der Waals surface area (Å²) < 4.78 is 2.00. The number of fused-ring (bicyclic) bond motifs is 2. The fourth-order valence-corrected chi connectivity index (χ4v) is 5.86. The number of hydrogen-bond acceptors (Lipinski definition) is 5. The second-order valence-corrected chi connectivity index (χ2v) is 9.79. The Balaban J connectivity index is 1.59. The lowest BCUT2D eigenvalue weighted by Gasteiger charge is -2.37. The van der Waals surface area contributed by atoms with Crippen LogP contribution in [0, 0.1) is 13.8 Å². The van der Waals surface area contributed by atoms with Crippen molar-refractivity contribution >= 4 is 16.6 Å². The van der Waals surface area contributed by atoms with Gasteiger partial charge in [0.15, 0.2) is 5.82 Å². The zero-order valence-electron chi connectivity index (χ0n) is 19.8. The van der Waals surface area contributed by atoms with Gasteiger partial charge in [-0.3, -0.25) is 4.79 Å². The summed E-state index contributed by atoms with van der Waals surface area (Å²) in [6, 6.07) is 14.7. The van der Waals surface area contributed by atoms with Crippen LogP contribution in [-0.4, -0.2) is 31.7 Å². The van der Waals surface area contributed by atoms with Crippen LogP contribution in [0.4, 0.5) is 5.69 Å². The molecule has 2 aromatic heterocycles. The third-order valence-electron chi connectivity index (χ3n) is 7.66. The molecule has 0 unspecified atom stereocenters. The summed E-state index contributed by atoms with van der Waals surface area (Å²) >= 11 is 0. The minimum atomic E-state index is -0.356. The summed E-state index contributed by atoms with van der Waals surface area (Å²) in [6.07, 6.45) is 6.61. The third kappa shape index (κ3) is 3.42. The van der Waals surface area contributed by atoms with Crippen LogP contribution in [0.2, 0.25) is 0 Å². The maximum Gasteiger partial charge on any atom is 0.254 e. The van der Waals surface area contributed by atoms with Crippen molar-refractivity contribution in [1.82, 2.24) is 25.2 Å². The quantitative estimate of drug-likeness (QED) is 0.480. The monoisotopic (exact) mass is 454 g/mol. The first-order valence-corrected chi connectivity index (χ1v) is 12.4. The molecule has 0 spiro atoms. The summed E-state index contributed by atoms with van der Waals surface area (Å²) in [5, 5.41) is 14.2. The standard InChI is InChI=1S/C27H30N6O/c1-17-13-14-18(2)24-21(17)16-22(27(34)28-24)25(26-29-30-31-33(26)20-10-4-5-11-20)32-15-7-9-19-8-3-6-12-23(19)32/h3,6,8,12-14,16,20,25H,4-5,7,9-11,15H2,1-2H3,(H,28,34)/t25-/m1/s1. The van der Waals surface area contributed by atoms with E-state index in [0.29, 0.717) is 5.56 Å². The smallest absolute Gasteiger partial charge is 0.254 e. The van der Waals surface area contributed by atoms with Gasteiger partial charge in [0.05, 0.1) is 11.6 Å². The van der Waals surface area contributed by atoms with Gasteiger partial charge in [0, 0.05) is 23.2 Å². The molecular formula is C27H30N6O. The van der Waals surface area contributed by atoms with Crippen LogP contribution in [0.5, 0.6) is 0 Å². The molecule has 1 fully saturated rings. The van der Waals surface area contributed by atoms with Crippen molar-refractivity contribution in [2.45, 2.75) is 64.5 Å². The second kappa shape index (κ2) is 8.38. The summed E-state index contributed by atoms with van der Waals surface area (Å²) in [5.41, 5.74) is 6.22. The molecule has 2 aromatic carbocycles. The molecule has 0 saturated heterocycles. The van der Waals surface area contributed by atoms with Crippen molar-refractivity contribution in [3.05, 3.63) is 80.9 Å². The summed E-state index contributed by atoms with van der Waals surface area (Å²) in [4.78, 5) is 19.2. The number of nitrogens with zero attached hydrogens (tertiary/aromatic N) is 5. The average molecular weight is 455 g/mol. The molecule has 2 aliphatic rings.